The number of hydrogen-bond acceptors (Lipinski definition) is 6. The van der Waals surface area contributed by atoms with Crippen LogP contribution in [0.25, 0.3) is 10.9 Å². The van der Waals surface area contributed by atoms with Crippen molar-refractivity contribution in [3.05, 3.63) is 64.5 Å². The van der Waals surface area contributed by atoms with Crippen LogP contribution in [-0.4, -0.2) is 40.4 Å². The van der Waals surface area contributed by atoms with E-state index in [4.69, 9.17) is 10.5 Å². The van der Waals surface area contributed by atoms with Crippen LogP contribution in [0.15, 0.2) is 36.5 Å². The Bertz CT molecular complexity index is 1200. The van der Waals surface area contributed by atoms with Gasteiger partial charge in [-0.2, -0.15) is 13.2 Å². The van der Waals surface area contributed by atoms with E-state index >= 15 is 0 Å². The van der Waals surface area contributed by atoms with Crippen molar-refractivity contribution >= 4 is 22.6 Å². The van der Waals surface area contributed by atoms with Crippen LogP contribution in [0, 0.1) is 0 Å². The van der Waals surface area contributed by atoms with Crippen molar-refractivity contribution in [1.29, 1.82) is 0 Å². The molecule has 166 valence electrons. The average Bonchev–Trinajstić information content (AvgIpc) is 3.29. The lowest BCUT2D eigenvalue weighted by molar-refractivity contribution is -0.137. The molecule has 1 aromatic carbocycles. The van der Waals surface area contributed by atoms with Gasteiger partial charge in [0.2, 0.25) is 0 Å². The van der Waals surface area contributed by atoms with Crippen molar-refractivity contribution in [1.82, 2.24) is 20.2 Å². The van der Waals surface area contributed by atoms with Crippen LogP contribution < -0.4 is 11.1 Å². The summed E-state index contributed by atoms with van der Waals surface area (Å²) in [6.07, 6.45) is -2.89. The summed E-state index contributed by atoms with van der Waals surface area (Å²) in [7, 11) is 0. The molecule has 32 heavy (non-hydrogen) atoms. The molecular weight excluding hydrogens is 423 g/mol. The van der Waals surface area contributed by atoms with Crippen LogP contribution in [0.5, 0.6) is 0 Å². The van der Waals surface area contributed by atoms with Crippen LogP contribution in [0.4, 0.5) is 19.0 Å². The van der Waals surface area contributed by atoms with Gasteiger partial charge in [-0.05, 0) is 29.3 Å². The molecular formula is C22H20F3N5O2. The Morgan fingerprint density at radius 2 is 1.94 bits per heavy atom. The largest absolute Gasteiger partial charge is 0.416 e. The molecule has 3 aromatic rings. The van der Waals surface area contributed by atoms with E-state index in [-0.39, 0.29) is 11.6 Å². The fourth-order valence-electron chi connectivity index (χ4n) is 4.28. The van der Waals surface area contributed by atoms with Gasteiger partial charge in [0, 0.05) is 30.6 Å². The van der Waals surface area contributed by atoms with Gasteiger partial charge in [-0.25, -0.2) is 9.97 Å². The molecule has 7 nitrogen and oxygen atoms in total. The van der Waals surface area contributed by atoms with Gasteiger partial charge in [0.1, 0.15) is 11.5 Å². The minimum atomic E-state index is -4.41. The van der Waals surface area contributed by atoms with E-state index in [1.54, 1.807) is 11.0 Å². The lowest BCUT2D eigenvalue weighted by atomic mass is 10.0. The molecule has 1 fully saturated rings. The van der Waals surface area contributed by atoms with Crippen molar-refractivity contribution in [2.45, 2.75) is 25.4 Å². The number of nitrogen functional groups attached to an aromatic ring is 1. The average molecular weight is 443 g/mol. The molecule has 2 aliphatic heterocycles. The van der Waals surface area contributed by atoms with E-state index in [1.165, 1.54) is 18.3 Å². The maximum absolute atomic E-state index is 13.4. The summed E-state index contributed by atoms with van der Waals surface area (Å²) < 4.78 is 44.3. The van der Waals surface area contributed by atoms with Crippen molar-refractivity contribution in [3.8, 4) is 0 Å². The molecule has 0 radical (unpaired) electrons. The first-order valence-electron chi connectivity index (χ1n) is 10.2. The van der Waals surface area contributed by atoms with Crippen LogP contribution in [0.1, 0.15) is 38.8 Å². The molecule has 2 aliphatic rings. The Hall–Kier alpha value is -3.24. The molecule has 0 aliphatic carbocycles. The number of piperazine rings is 1. The first-order valence-corrected chi connectivity index (χ1v) is 10.2. The Balaban J connectivity index is 1.48. The first-order chi connectivity index (χ1) is 15.3. The summed E-state index contributed by atoms with van der Waals surface area (Å²) >= 11 is 0. The number of fused-ring (bicyclic) bond motifs is 3. The van der Waals surface area contributed by atoms with Crippen LogP contribution >= 0.6 is 0 Å². The number of halogens is 3. The smallest absolute Gasteiger partial charge is 0.383 e. The van der Waals surface area contributed by atoms with Crippen molar-refractivity contribution < 1.29 is 22.7 Å². The zero-order valence-electron chi connectivity index (χ0n) is 16.9. The first kappa shape index (κ1) is 20.7. The van der Waals surface area contributed by atoms with E-state index in [1.807, 2.05) is 0 Å². The fraction of sp³-hybridized carbons (Fsp3) is 0.318. The summed E-state index contributed by atoms with van der Waals surface area (Å²) in [6, 6.07) is 6.22. The normalized spacial score (nSPS) is 18.7. The Morgan fingerprint density at radius 1 is 1.19 bits per heavy atom. The van der Waals surface area contributed by atoms with Crippen LogP contribution in [0.3, 0.4) is 0 Å². The van der Waals surface area contributed by atoms with E-state index in [0.29, 0.717) is 49.7 Å². The second-order valence-corrected chi connectivity index (χ2v) is 7.87. The van der Waals surface area contributed by atoms with Crippen molar-refractivity contribution in [2.24, 2.45) is 0 Å². The SMILES string of the molecule is Nc1nc2cnc(C(=O)N3CCNC[C@@H]3c3ccc(C(F)(F)F)cc3)cc2c2c1COC2. The molecule has 1 amide bonds. The van der Waals surface area contributed by atoms with Gasteiger partial charge >= 0.3 is 6.18 Å². The number of rotatable bonds is 2. The number of carbonyl (C=O) groups excluding carboxylic acids is 1. The maximum Gasteiger partial charge on any atom is 0.416 e. The number of nitrogens with one attached hydrogen (secondary N) is 1. The molecule has 4 heterocycles. The quantitative estimate of drug-likeness (QED) is 0.633. The van der Waals surface area contributed by atoms with Gasteiger partial charge in [0.15, 0.2) is 0 Å². The molecule has 0 unspecified atom stereocenters. The van der Waals surface area contributed by atoms with E-state index in [0.717, 1.165) is 28.6 Å². The minimum Gasteiger partial charge on any atom is -0.383 e. The van der Waals surface area contributed by atoms with Gasteiger partial charge in [0.05, 0.1) is 36.5 Å². The summed E-state index contributed by atoms with van der Waals surface area (Å²) in [6.45, 7) is 2.19. The van der Waals surface area contributed by atoms with E-state index in [2.05, 4.69) is 15.3 Å². The Morgan fingerprint density at radius 3 is 2.69 bits per heavy atom. The summed E-state index contributed by atoms with van der Waals surface area (Å²) in [5, 5.41) is 3.98. The summed E-state index contributed by atoms with van der Waals surface area (Å²) in [5.41, 5.74) is 8.47. The zero-order valence-corrected chi connectivity index (χ0v) is 16.9. The third-order valence-corrected chi connectivity index (χ3v) is 5.96. The van der Waals surface area contributed by atoms with Gasteiger partial charge in [0.25, 0.3) is 5.91 Å². The predicted molar refractivity (Wildman–Crippen MR) is 111 cm³/mol. The van der Waals surface area contributed by atoms with Crippen LogP contribution in [0.2, 0.25) is 0 Å². The molecule has 3 N–H and O–H groups in total. The molecule has 2 aromatic heterocycles. The number of nitrogens with two attached hydrogens (primary N) is 1. The van der Waals surface area contributed by atoms with Crippen molar-refractivity contribution in [3.63, 3.8) is 0 Å². The Kier molecular flexibility index (Phi) is 4.98. The van der Waals surface area contributed by atoms with Gasteiger partial charge in [-0.3, -0.25) is 4.79 Å². The molecule has 0 saturated carbocycles. The number of ether oxygens (including phenoxy) is 1. The summed E-state index contributed by atoms with van der Waals surface area (Å²) in [5.74, 6) is 0.109. The van der Waals surface area contributed by atoms with Gasteiger partial charge in [-0.15, -0.1) is 0 Å². The zero-order chi connectivity index (χ0) is 22.5. The topological polar surface area (TPSA) is 93.4 Å². The third-order valence-electron chi connectivity index (χ3n) is 5.96. The molecule has 0 bridgehead atoms. The molecule has 0 spiro atoms. The highest BCUT2D eigenvalue weighted by Gasteiger charge is 2.33. The minimum absolute atomic E-state index is 0.247. The number of benzene rings is 1. The molecule has 1 saturated heterocycles. The molecule has 1 atom stereocenters. The number of aromatic nitrogens is 2. The van der Waals surface area contributed by atoms with Crippen molar-refractivity contribution in [2.75, 3.05) is 25.4 Å². The maximum atomic E-state index is 13.4. The number of anilines is 1. The lowest BCUT2D eigenvalue weighted by Crippen LogP contribution is -2.48. The highest BCUT2D eigenvalue weighted by molar-refractivity contribution is 5.97. The van der Waals surface area contributed by atoms with E-state index < -0.39 is 17.8 Å². The number of nitrogens with zero attached hydrogens (tertiary/aromatic N) is 3. The number of amides is 1. The second-order valence-electron chi connectivity index (χ2n) is 7.87. The standard InChI is InChI=1S/C22H20F3N5O2/c23-22(24,25)13-3-1-12(2-4-13)19-9-27-5-6-30(19)21(31)17-7-14-15-10-32-11-16(15)20(26)29-18(14)8-28-17/h1-4,7-8,19,27H,5-6,9-11H2,(H2,26,29)/t19-/m1/s1. The monoisotopic (exact) mass is 443 g/mol. The summed E-state index contributed by atoms with van der Waals surface area (Å²) in [4.78, 5) is 23.7. The number of pyridine rings is 2. The fourth-order valence-corrected chi connectivity index (χ4v) is 4.28. The molecule has 5 rings (SSSR count). The van der Waals surface area contributed by atoms with Crippen LogP contribution in [-0.2, 0) is 24.1 Å². The highest BCUT2D eigenvalue weighted by atomic mass is 19.4. The number of alkyl halides is 3. The Labute approximate surface area is 181 Å². The van der Waals surface area contributed by atoms with Gasteiger partial charge in [-0.1, -0.05) is 12.1 Å². The van der Waals surface area contributed by atoms with Gasteiger partial charge < -0.3 is 20.7 Å². The second kappa shape index (κ2) is 7.72. The number of hydrogen-bond donors (Lipinski definition) is 2. The lowest BCUT2D eigenvalue weighted by Gasteiger charge is -2.36. The highest BCUT2D eigenvalue weighted by Crippen LogP contribution is 2.33. The number of carbonyl (C=O) groups is 1. The van der Waals surface area contributed by atoms with E-state index in [9.17, 15) is 18.0 Å². The molecule has 10 heteroatoms. The predicted octanol–water partition coefficient (Wildman–Crippen LogP) is 3.05. The third kappa shape index (κ3) is 3.55.